The number of thiophene rings is 1. The molecule has 0 bridgehead atoms. The normalized spacial score (nSPS) is 15.9. The van der Waals surface area contributed by atoms with Crippen LogP contribution in [0.15, 0.2) is 34.1 Å². The van der Waals surface area contributed by atoms with Crippen LogP contribution in [0, 0.1) is 0 Å². The summed E-state index contributed by atoms with van der Waals surface area (Å²) in [6, 6.07) is 9.21. The fraction of sp³-hybridized carbons (Fsp3) is 0.412. The number of hydrogen-bond acceptors (Lipinski definition) is 3. The largest absolute Gasteiger partial charge is 0.367 e. The molecule has 21 heavy (non-hydrogen) atoms. The van der Waals surface area contributed by atoms with Crippen molar-refractivity contribution in [1.29, 1.82) is 0 Å². The van der Waals surface area contributed by atoms with Gasteiger partial charge in [-0.25, -0.2) is 0 Å². The second-order valence-electron chi connectivity index (χ2n) is 5.69. The van der Waals surface area contributed by atoms with Crippen LogP contribution < -0.4 is 10.6 Å². The Bertz CT molecular complexity index is 623. The van der Waals surface area contributed by atoms with Gasteiger partial charge in [-0.15, -0.1) is 11.3 Å². The van der Waals surface area contributed by atoms with Crippen LogP contribution in [-0.4, -0.2) is 12.6 Å². The van der Waals surface area contributed by atoms with Gasteiger partial charge in [0.2, 0.25) is 0 Å². The zero-order chi connectivity index (χ0) is 14.8. The molecule has 0 saturated carbocycles. The average molecular weight is 365 g/mol. The number of anilines is 1. The predicted molar refractivity (Wildman–Crippen MR) is 95.2 cm³/mol. The van der Waals surface area contributed by atoms with Crippen LogP contribution >= 0.6 is 27.3 Å². The third-order valence-corrected chi connectivity index (χ3v) is 5.98. The minimum Gasteiger partial charge on any atom is -0.367 e. The molecule has 4 heteroatoms. The van der Waals surface area contributed by atoms with Gasteiger partial charge < -0.3 is 10.6 Å². The number of rotatable bonds is 4. The molecule has 2 N–H and O–H groups in total. The second-order valence-corrected chi connectivity index (χ2v) is 7.54. The van der Waals surface area contributed by atoms with E-state index in [-0.39, 0.29) is 6.04 Å². The molecule has 1 atom stereocenters. The summed E-state index contributed by atoms with van der Waals surface area (Å²) >= 11 is 5.60. The van der Waals surface area contributed by atoms with E-state index < -0.39 is 0 Å². The van der Waals surface area contributed by atoms with Crippen molar-refractivity contribution in [2.45, 2.75) is 38.8 Å². The number of nitrogens with zero attached hydrogens (tertiary/aromatic N) is 1. The van der Waals surface area contributed by atoms with E-state index >= 15 is 0 Å². The average Bonchev–Trinajstić information content (AvgIpc) is 2.96. The van der Waals surface area contributed by atoms with Crippen LogP contribution in [0.2, 0.25) is 0 Å². The third kappa shape index (κ3) is 3.33. The first-order valence-electron chi connectivity index (χ1n) is 7.51. The summed E-state index contributed by atoms with van der Waals surface area (Å²) in [5.74, 6) is 0. The van der Waals surface area contributed by atoms with E-state index in [1.807, 2.05) is 11.3 Å². The van der Waals surface area contributed by atoms with Crippen LogP contribution in [0.3, 0.4) is 0 Å². The first-order valence-corrected chi connectivity index (χ1v) is 9.19. The van der Waals surface area contributed by atoms with Gasteiger partial charge in [0.05, 0.1) is 0 Å². The lowest BCUT2D eigenvalue weighted by molar-refractivity contribution is 0.645. The molecule has 0 amide bonds. The fourth-order valence-electron chi connectivity index (χ4n) is 2.79. The van der Waals surface area contributed by atoms with E-state index in [4.69, 9.17) is 5.73 Å². The molecule has 112 valence electrons. The molecule has 1 aromatic carbocycles. The first-order chi connectivity index (χ1) is 10.2. The topological polar surface area (TPSA) is 29.3 Å². The lowest BCUT2D eigenvalue weighted by Gasteiger charge is -2.29. The third-order valence-electron chi connectivity index (χ3n) is 4.22. The van der Waals surface area contributed by atoms with Gasteiger partial charge in [-0.2, -0.15) is 0 Å². The highest BCUT2D eigenvalue weighted by Crippen LogP contribution is 2.30. The maximum absolute atomic E-state index is 6.07. The van der Waals surface area contributed by atoms with Crippen LogP contribution in [0.1, 0.15) is 29.3 Å². The number of halogens is 1. The molecule has 1 aromatic heterocycles. The molecule has 1 aliphatic rings. The van der Waals surface area contributed by atoms with Crippen LogP contribution in [0.4, 0.5) is 5.69 Å². The standard InChI is InChI=1S/C17H21BrN2S/c1-2-14(19)9-12-3-4-15(10-16(12)18)20-7-5-17-13(11-20)6-8-21-17/h3-4,6,8,10,14H,2,5,7,9,11,19H2,1H3. The van der Waals surface area contributed by atoms with Crippen molar-refractivity contribution in [1.82, 2.24) is 0 Å². The molecular weight excluding hydrogens is 344 g/mol. The molecule has 0 radical (unpaired) electrons. The van der Waals surface area contributed by atoms with Gasteiger partial charge in [-0.3, -0.25) is 0 Å². The van der Waals surface area contributed by atoms with Gasteiger partial charge in [-0.1, -0.05) is 28.9 Å². The van der Waals surface area contributed by atoms with E-state index in [1.165, 1.54) is 21.3 Å². The number of benzene rings is 1. The summed E-state index contributed by atoms with van der Waals surface area (Å²) in [5.41, 5.74) is 10.2. The van der Waals surface area contributed by atoms with Crippen LogP contribution in [0.25, 0.3) is 0 Å². The quantitative estimate of drug-likeness (QED) is 0.873. The van der Waals surface area contributed by atoms with E-state index in [0.29, 0.717) is 0 Å². The smallest absolute Gasteiger partial charge is 0.0440 e. The van der Waals surface area contributed by atoms with Crippen LogP contribution in [0.5, 0.6) is 0 Å². The summed E-state index contributed by atoms with van der Waals surface area (Å²) in [6.07, 6.45) is 3.11. The molecule has 0 aliphatic carbocycles. The Morgan fingerprint density at radius 2 is 2.24 bits per heavy atom. The van der Waals surface area contributed by atoms with Crippen molar-refractivity contribution in [2.24, 2.45) is 5.73 Å². The van der Waals surface area contributed by atoms with Gasteiger partial charge in [0, 0.05) is 34.2 Å². The highest BCUT2D eigenvalue weighted by molar-refractivity contribution is 9.10. The zero-order valence-electron chi connectivity index (χ0n) is 12.3. The molecule has 2 aromatic rings. The minimum absolute atomic E-state index is 0.246. The molecule has 2 heterocycles. The Morgan fingerprint density at radius 1 is 1.38 bits per heavy atom. The monoisotopic (exact) mass is 364 g/mol. The van der Waals surface area contributed by atoms with E-state index in [0.717, 1.165) is 32.4 Å². The highest BCUT2D eigenvalue weighted by atomic mass is 79.9. The maximum atomic E-state index is 6.07. The van der Waals surface area contributed by atoms with Crippen molar-refractivity contribution >= 4 is 33.0 Å². The minimum atomic E-state index is 0.246. The lowest BCUT2D eigenvalue weighted by Crippen LogP contribution is -2.29. The molecule has 1 unspecified atom stereocenters. The van der Waals surface area contributed by atoms with Gasteiger partial charge in [0.25, 0.3) is 0 Å². The molecular formula is C17H21BrN2S. The molecule has 3 rings (SSSR count). The lowest BCUT2D eigenvalue weighted by atomic mass is 10.0. The summed E-state index contributed by atoms with van der Waals surface area (Å²) in [7, 11) is 0. The van der Waals surface area contributed by atoms with Crippen molar-refractivity contribution in [3.63, 3.8) is 0 Å². The maximum Gasteiger partial charge on any atom is 0.0440 e. The Hall–Kier alpha value is -0.840. The van der Waals surface area contributed by atoms with Gasteiger partial charge in [0.15, 0.2) is 0 Å². The molecule has 0 saturated heterocycles. The van der Waals surface area contributed by atoms with Gasteiger partial charge >= 0.3 is 0 Å². The Balaban J connectivity index is 1.77. The summed E-state index contributed by atoms with van der Waals surface area (Å²) in [4.78, 5) is 4.01. The van der Waals surface area contributed by atoms with Gasteiger partial charge in [-0.05, 0) is 54.0 Å². The Morgan fingerprint density at radius 3 is 3.00 bits per heavy atom. The van der Waals surface area contributed by atoms with E-state index in [2.05, 4.69) is 57.4 Å². The SMILES string of the molecule is CCC(N)Cc1ccc(N2CCc3sccc3C2)cc1Br. The summed E-state index contributed by atoms with van der Waals surface area (Å²) < 4.78 is 1.18. The number of hydrogen-bond donors (Lipinski definition) is 1. The van der Waals surface area contributed by atoms with Crippen molar-refractivity contribution in [2.75, 3.05) is 11.4 Å². The van der Waals surface area contributed by atoms with E-state index in [1.54, 1.807) is 4.88 Å². The van der Waals surface area contributed by atoms with E-state index in [9.17, 15) is 0 Å². The Labute approximate surface area is 139 Å². The van der Waals surface area contributed by atoms with Crippen LogP contribution in [-0.2, 0) is 19.4 Å². The molecule has 0 spiro atoms. The highest BCUT2D eigenvalue weighted by Gasteiger charge is 2.18. The molecule has 0 fully saturated rings. The molecule has 1 aliphatic heterocycles. The first kappa shape index (κ1) is 15.1. The summed E-state index contributed by atoms with van der Waals surface area (Å²) in [5, 5.41) is 2.21. The second kappa shape index (κ2) is 6.51. The Kier molecular flexibility index (Phi) is 4.67. The number of fused-ring (bicyclic) bond motifs is 1. The van der Waals surface area contributed by atoms with Gasteiger partial charge in [0.1, 0.15) is 0 Å². The van der Waals surface area contributed by atoms with Crippen molar-refractivity contribution in [3.8, 4) is 0 Å². The fourth-order valence-corrected chi connectivity index (χ4v) is 4.21. The van der Waals surface area contributed by atoms with Crippen molar-refractivity contribution in [3.05, 3.63) is 50.1 Å². The summed E-state index contributed by atoms with van der Waals surface area (Å²) in [6.45, 7) is 4.27. The predicted octanol–water partition coefficient (Wildman–Crippen LogP) is 4.35. The van der Waals surface area contributed by atoms with Crippen molar-refractivity contribution < 1.29 is 0 Å². The number of nitrogens with two attached hydrogens (primary N) is 1. The zero-order valence-corrected chi connectivity index (χ0v) is 14.7. The molecule has 2 nitrogen and oxygen atoms in total.